The smallest absolute Gasteiger partial charge is 0.185 e. The number of carbonyl (C=O) groups excluding carboxylic acids is 1. The van der Waals surface area contributed by atoms with Gasteiger partial charge >= 0.3 is 0 Å². The van der Waals surface area contributed by atoms with Crippen molar-refractivity contribution in [1.29, 1.82) is 0 Å². The number of fused-ring (bicyclic) bond motifs is 4. The Hall–Kier alpha value is -1.24. The van der Waals surface area contributed by atoms with Gasteiger partial charge < -0.3 is 15.1 Å². The third-order valence-electron chi connectivity index (χ3n) is 9.91. The van der Waals surface area contributed by atoms with Gasteiger partial charge in [0.1, 0.15) is 0 Å². The third-order valence-corrected chi connectivity index (χ3v) is 11.0. The van der Waals surface area contributed by atoms with Crippen molar-refractivity contribution in [3.63, 3.8) is 0 Å². The lowest BCUT2D eigenvalue weighted by atomic mass is 9.40. The summed E-state index contributed by atoms with van der Waals surface area (Å²) in [6, 6.07) is 0. The van der Waals surface area contributed by atoms with E-state index in [1.807, 2.05) is 11.3 Å². The van der Waals surface area contributed by atoms with Crippen LogP contribution in [0.2, 0.25) is 0 Å². The van der Waals surface area contributed by atoms with E-state index < -0.39 is 17.6 Å². The van der Waals surface area contributed by atoms with Gasteiger partial charge in [0.05, 0.1) is 23.3 Å². The largest absolute Gasteiger partial charge is 0.392 e. The molecule has 7 atom stereocenters. The molecule has 182 valence electrons. The lowest BCUT2D eigenvalue weighted by Crippen LogP contribution is -2.68. The molecule has 0 aliphatic heterocycles. The first kappa shape index (κ1) is 23.5. The van der Waals surface area contributed by atoms with Gasteiger partial charge in [0.15, 0.2) is 10.9 Å². The first-order valence-electron chi connectivity index (χ1n) is 12.9. The molecule has 2 bridgehead atoms. The maximum Gasteiger partial charge on any atom is 0.185 e. The van der Waals surface area contributed by atoms with E-state index in [1.165, 1.54) is 10.6 Å². The highest BCUT2D eigenvalue weighted by atomic mass is 32.1. The van der Waals surface area contributed by atoms with Crippen LogP contribution in [0.3, 0.4) is 0 Å². The summed E-state index contributed by atoms with van der Waals surface area (Å²) in [7, 11) is 0. The molecule has 6 heteroatoms. The third kappa shape index (κ3) is 2.83. The summed E-state index contributed by atoms with van der Waals surface area (Å²) in [5, 5.41) is 24.0. The molecule has 0 unspecified atom stereocenters. The van der Waals surface area contributed by atoms with Crippen LogP contribution in [0.25, 0.3) is 0 Å². The number of hydrogen-bond donors (Lipinski definition) is 2. The Labute approximate surface area is 202 Å². The van der Waals surface area contributed by atoms with Crippen molar-refractivity contribution in [2.24, 2.45) is 28.6 Å². The Morgan fingerprint density at radius 1 is 1.12 bits per heavy atom. The van der Waals surface area contributed by atoms with Crippen LogP contribution >= 0.6 is 11.3 Å². The minimum absolute atomic E-state index is 0.0443. The zero-order chi connectivity index (χ0) is 23.9. The summed E-state index contributed by atoms with van der Waals surface area (Å²) in [6.45, 7) is 17.4. The Morgan fingerprint density at radius 3 is 2.42 bits per heavy atom. The Morgan fingerprint density at radius 2 is 1.79 bits per heavy atom. The average Bonchev–Trinajstić information content (AvgIpc) is 3.22. The van der Waals surface area contributed by atoms with Gasteiger partial charge in [-0.3, -0.25) is 4.79 Å². The number of nitrogens with zero attached hydrogens (tertiary/aromatic N) is 2. The van der Waals surface area contributed by atoms with E-state index >= 15 is 0 Å². The molecular formula is C27H40N2O3S. The second kappa shape index (κ2) is 7.63. The molecule has 1 spiro atoms. The highest BCUT2D eigenvalue weighted by molar-refractivity contribution is 7.15. The number of anilines is 1. The molecule has 0 saturated heterocycles. The highest BCUT2D eigenvalue weighted by Gasteiger charge is 2.74. The normalized spacial score (nSPS) is 40.9. The maximum absolute atomic E-state index is 13.6. The van der Waals surface area contributed by atoms with Crippen LogP contribution in [0.4, 0.5) is 5.13 Å². The van der Waals surface area contributed by atoms with Gasteiger partial charge in [-0.2, -0.15) is 0 Å². The molecule has 3 fully saturated rings. The number of aliphatic hydroxyl groups excluding tert-OH is 2. The van der Waals surface area contributed by atoms with Crippen molar-refractivity contribution in [3.05, 3.63) is 22.7 Å². The topological polar surface area (TPSA) is 73.7 Å². The van der Waals surface area contributed by atoms with E-state index in [2.05, 4.69) is 46.1 Å². The van der Waals surface area contributed by atoms with Crippen molar-refractivity contribution < 1.29 is 15.0 Å². The standard InChI is InChI=1S/C27H40N2O3S/c1-7-11-29(12-8-2)24-28-21-17(33-24)14-26(6)18-10-9-16-15(3)22(31)27(18,23(16)32)20(30)13-19(26)25(21,4)5/h16,18-20,23,30,32H,3,7-14H2,1-2,4-6H3/t16-,18+,19-,20-,23-,26+,27+/m1/s1. The van der Waals surface area contributed by atoms with E-state index in [0.29, 0.717) is 12.0 Å². The van der Waals surface area contributed by atoms with Crippen molar-refractivity contribution in [2.75, 3.05) is 18.0 Å². The molecule has 4 aliphatic rings. The molecule has 3 saturated carbocycles. The van der Waals surface area contributed by atoms with Crippen LogP contribution in [0.1, 0.15) is 77.3 Å². The number of aromatic nitrogens is 1. The second-order valence-corrected chi connectivity index (χ2v) is 13.0. The average molecular weight is 473 g/mol. The Bertz CT molecular complexity index is 980. The minimum Gasteiger partial charge on any atom is -0.392 e. The molecule has 33 heavy (non-hydrogen) atoms. The van der Waals surface area contributed by atoms with Gasteiger partial charge in [-0.15, -0.1) is 11.3 Å². The summed E-state index contributed by atoms with van der Waals surface area (Å²) in [4.78, 5) is 22.6. The van der Waals surface area contributed by atoms with Crippen molar-refractivity contribution >= 4 is 22.3 Å². The Balaban J connectivity index is 1.61. The fraction of sp³-hybridized carbons (Fsp3) is 0.778. The second-order valence-electron chi connectivity index (χ2n) is 11.9. The van der Waals surface area contributed by atoms with E-state index in [0.717, 1.165) is 50.3 Å². The number of rotatable bonds is 5. The molecule has 5 rings (SSSR count). The summed E-state index contributed by atoms with van der Waals surface area (Å²) < 4.78 is 0. The predicted molar refractivity (Wildman–Crippen MR) is 133 cm³/mol. The van der Waals surface area contributed by atoms with Gasteiger partial charge in [0.25, 0.3) is 0 Å². The number of aliphatic hydroxyl groups is 2. The molecule has 2 N–H and O–H groups in total. The van der Waals surface area contributed by atoms with E-state index in [1.54, 1.807) is 0 Å². The summed E-state index contributed by atoms with van der Waals surface area (Å²) >= 11 is 1.83. The summed E-state index contributed by atoms with van der Waals surface area (Å²) in [5.41, 5.74) is 0.262. The number of Topliss-reactive ketones (excluding diaryl/α,β-unsaturated/α-hetero) is 1. The van der Waals surface area contributed by atoms with Gasteiger partial charge in [-0.05, 0) is 61.3 Å². The fourth-order valence-electron chi connectivity index (χ4n) is 8.59. The number of carbonyl (C=O) groups is 1. The monoisotopic (exact) mass is 472 g/mol. The quantitative estimate of drug-likeness (QED) is 0.617. The van der Waals surface area contributed by atoms with Crippen LogP contribution < -0.4 is 4.90 Å². The molecule has 0 amide bonds. The summed E-state index contributed by atoms with van der Waals surface area (Å²) in [6.07, 6.45) is 3.60. The van der Waals surface area contributed by atoms with E-state index in [9.17, 15) is 15.0 Å². The lowest BCUT2D eigenvalue weighted by Gasteiger charge is -2.64. The minimum atomic E-state index is -1.08. The fourth-order valence-corrected chi connectivity index (χ4v) is 10.0. The lowest BCUT2D eigenvalue weighted by molar-refractivity contribution is -0.212. The van der Waals surface area contributed by atoms with Gasteiger partial charge in [0, 0.05) is 29.3 Å². The molecule has 4 aliphatic carbocycles. The van der Waals surface area contributed by atoms with Gasteiger partial charge in [-0.25, -0.2) is 4.98 Å². The van der Waals surface area contributed by atoms with Crippen LogP contribution in [-0.2, 0) is 16.6 Å². The van der Waals surface area contributed by atoms with Gasteiger partial charge in [-0.1, -0.05) is 41.2 Å². The van der Waals surface area contributed by atoms with Crippen LogP contribution in [0.5, 0.6) is 0 Å². The van der Waals surface area contributed by atoms with Gasteiger partial charge in [0.2, 0.25) is 0 Å². The van der Waals surface area contributed by atoms with Crippen LogP contribution in [0.15, 0.2) is 12.2 Å². The van der Waals surface area contributed by atoms with Crippen molar-refractivity contribution in [2.45, 2.75) is 90.8 Å². The van der Waals surface area contributed by atoms with E-state index in [4.69, 9.17) is 4.98 Å². The Kier molecular flexibility index (Phi) is 5.43. The SMILES string of the molecule is C=C1C(=O)[C@@]23[C@H](O)C[C@@H]4C(C)(C)c5nc(N(CCC)CCC)sc5C[C@@]4(C)[C@@H]2CC[C@H]1[C@H]3O. The number of hydrogen-bond acceptors (Lipinski definition) is 6. The van der Waals surface area contributed by atoms with E-state index in [-0.39, 0.29) is 34.4 Å². The molecule has 1 aromatic heterocycles. The molecule has 0 aromatic carbocycles. The molecule has 5 nitrogen and oxygen atoms in total. The number of thiazole rings is 1. The highest BCUT2D eigenvalue weighted by Crippen LogP contribution is 2.70. The summed E-state index contributed by atoms with van der Waals surface area (Å²) in [5.74, 6) is -0.103. The van der Waals surface area contributed by atoms with Crippen LogP contribution in [-0.4, -0.2) is 46.3 Å². The van der Waals surface area contributed by atoms with Crippen LogP contribution in [0, 0.1) is 28.6 Å². The first-order valence-corrected chi connectivity index (χ1v) is 13.7. The molecule has 0 radical (unpaired) electrons. The van der Waals surface area contributed by atoms with Crippen molar-refractivity contribution in [3.8, 4) is 0 Å². The zero-order valence-corrected chi connectivity index (χ0v) is 21.7. The zero-order valence-electron chi connectivity index (χ0n) is 20.9. The molecule has 1 aromatic rings. The molecule has 1 heterocycles. The molecular weight excluding hydrogens is 432 g/mol. The predicted octanol–water partition coefficient (Wildman–Crippen LogP) is 4.50. The maximum atomic E-state index is 13.6. The van der Waals surface area contributed by atoms with Crippen molar-refractivity contribution in [1.82, 2.24) is 4.98 Å². The first-order chi connectivity index (χ1) is 15.5. The number of ketones is 1.